The first-order valence-corrected chi connectivity index (χ1v) is 9.50. The van der Waals surface area contributed by atoms with Crippen LogP contribution in [0.1, 0.15) is 23.4 Å². The Bertz CT molecular complexity index is 1030. The minimum atomic E-state index is -0.396. The van der Waals surface area contributed by atoms with Gasteiger partial charge in [-0.1, -0.05) is 35.4 Å². The average molecular weight is 390 g/mol. The van der Waals surface area contributed by atoms with E-state index >= 15 is 0 Å². The van der Waals surface area contributed by atoms with Crippen LogP contribution in [0.15, 0.2) is 48.5 Å². The molecule has 148 valence electrons. The fourth-order valence-electron chi connectivity index (χ4n) is 3.37. The maximum absolute atomic E-state index is 12.6. The molecule has 29 heavy (non-hydrogen) atoms. The SMILES string of the molecule is Cc1ccc(N2C[C@@H](C(=O)NCc3nnnn3-c3ccc(C)cc3)CC2=O)cc1. The van der Waals surface area contributed by atoms with Crippen molar-refractivity contribution in [2.45, 2.75) is 26.8 Å². The highest BCUT2D eigenvalue weighted by atomic mass is 16.2. The topological polar surface area (TPSA) is 93.0 Å². The van der Waals surface area contributed by atoms with Gasteiger partial charge in [-0.3, -0.25) is 9.59 Å². The molecule has 0 aliphatic carbocycles. The summed E-state index contributed by atoms with van der Waals surface area (Å²) in [5.41, 5.74) is 3.91. The molecule has 1 aliphatic heterocycles. The summed E-state index contributed by atoms with van der Waals surface area (Å²) in [4.78, 5) is 26.7. The minimum Gasteiger partial charge on any atom is -0.348 e. The van der Waals surface area contributed by atoms with Crippen molar-refractivity contribution in [3.05, 3.63) is 65.5 Å². The second-order valence-electron chi connectivity index (χ2n) is 7.30. The number of hydrogen-bond acceptors (Lipinski definition) is 5. The third-order valence-corrected chi connectivity index (χ3v) is 5.07. The zero-order valence-electron chi connectivity index (χ0n) is 16.4. The van der Waals surface area contributed by atoms with Crippen molar-refractivity contribution >= 4 is 17.5 Å². The standard InChI is InChI=1S/C21H22N6O2/c1-14-3-7-17(8-4-14)26-13-16(11-20(26)28)21(29)22-12-19-23-24-25-27(19)18-9-5-15(2)6-10-18/h3-10,16H,11-13H2,1-2H3,(H,22,29)/t16-/m0/s1. The molecule has 8 heteroatoms. The Balaban J connectivity index is 1.40. The van der Waals surface area contributed by atoms with Crippen molar-refractivity contribution in [3.8, 4) is 5.69 Å². The Kier molecular flexibility index (Phi) is 5.07. The summed E-state index contributed by atoms with van der Waals surface area (Å²) in [6.45, 7) is 4.56. The molecule has 3 aromatic rings. The molecule has 2 amide bonds. The van der Waals surface area contributed by atoms with E-state index in [1.54, 1.807) is 9.58 Å². The molecular weight excluding hydrogens is 368 g/mol. The maximum atomic E-state index is 12.6. The number of rotatable bonds is 5. The van der Waals surface area contributed by atoms with E-state index in [0.717, 1.165) is 22.5 Å². The van der Waals surface area contributed by atoms with Gasteiger partial charge in [-0.25, -0.2) is 0 Å². The summed E-state index contributed by atoms with van der Waals surface area (Å²) in [5.74, 6) is -0.0839. The largest absolute Gasteiger partial charge is 0.348 e. The van der Waals surface area contributed by atoms with Crippen molar-refractivity contribution in [1.82, 2.24) is 25.5 Å². The molecule has 1 fully saturated rings. The number of nitrogens with zero attached hydrogens (tertiary/aromatic N) is 5. The van der Waals surface area contributed by atoms with Crippen molar-refractivity contribution in [2.24, 2.45) is 5.92 Å². The first-order chi connectivity index (χ1) is 14.0. The lowest BCUT2D eigenvalue weighted by Crippen LogP contribution is -2.33. The smallest absolute Gasteiger partial charge is 0.227 e. The van der Waals surface area contributed by atoms with Crippen molar-refractivity contribution in [1.29, 1.82) is 0 Å². The molecule has 1 aromatic heterocycles. The fourth-order valence-corrected chi connectivity index (χ4v) is 3.37. The van der Waals surface area contributed by atoms with Gasteiger partial charge < -0.3 is 10.2 Å². The van der Waals surface area contributed by atoms with Crippen molar-refractivity contribution < 1.29 is 9.59 Å². The lowest BCUT2D eigenvalue weighted by molar-refractivity contribution is -0.126. The average Bonchev–Trinajstić information content (AvgIpc) is 3.34. The van der Waals surface area contributed by atoms with E-state index < -0.39 is 5.92 Å². The normalized spacial score (nSPS) is 16.3. The zero-order chi connectivity index (χ0) is 20.4. The van der Waals surface area contributed by atoms with Crippen LogP contribution in [0.25, 0.3) is 5.69 Å². The number of aromatic nitrogens is 4. The molecule has 0 radical (unpaired) electrons. The first-order valence-electron chi connectivity index (χ1n) is 9.50. The summed E-state index contributed by atoms with van der Waals surface area (Å²) >= 11 is 0. The van der Waals surface area contributed by atoms with Gasteiger partial charge in [-0.05, 0) is 48.5 Å². The van der Waals surface area contributed by atoms with Gasteiger partial charge in [-0.2, -0.15) is 4.68 Å². The number of tetrazole rings is 1. The van der Waals surface area contributed by atoms with Crippen LogP contribution < -0.4 is 10.2 Å². The molecule has 0 bridgehead atoms. The van der Waals surface area contributed by atoms with E-state index in [1.807, 2.05) is 62.4 Å². The Morgan fingerprint density at radius 1 is 1.03 bits per heavy atom. The molecule has 4 rings (SSSR count). The third kappa shape index (κ3) is 4.01. The summed E-state index contributed by atoms with van der Waals surface area (Å²) < 4.78 is 1.60. The number of hydrogen-bond donors (Lipinski definition) is 1. The lowest BCUT2D eigenvalue weighted by atomic mass is 10.1. The van der Waals surface area contributed by atoms with Gasteiger partial charge in [0.15, 0.2) is 5.82 Å². The summed E-state index contributed by atoms with van der Waals surface area (Å²) in [6, 6.07) is 15.5. The number of carbonyl (C=O) groups excluding carboxylic acids is 2. The predicted octanol–water partition coefficient (Wildman–Crippen LogP) is 1.95. The molecular formula is C21H22N6O2. The summed E-state index contributed by atoms with van der Waals surface area (Å²) in [6.07, 6.45) is 0.197. The quantitative estimate of drug-likeness (QED) is 0.719. The van der Waals surface area contributed by atoms with E-state index in [9.17, 15) is 9.59 Å². The van der Waals surface area contributed by atoms with E-state index in [-0.39, 0.29) is 24.8 Å². The first kappa shape index (κ1) is 18.8. The van der Waals surface area contributed by atoms with Crippen LogP contribution in [0.5, 0.6) is 0 Å². The molecule has 2 heterocycles. The van der Waals surface area contributed by atoms with Crippen LogP contribution in [0, 0.1) is 19.8 Å². The maximum Gasteiger partial charge on any atom is 0.227 e. The van der Waals surface area contributed by atoms with Gasteiger partial charge >= 0.3 is 0 Å². The highest BCUT2D eigenvalue weighted by Gasteiger charge is 2.35. The van der Waals surface area contributed by atoms with Crippen LogP contribution in [0.2, 0.25) is 0 Å². The van der Waals surface area contributed by atoms with Crippen LogP contribution in [-0.4, -0.2) is 38.6 Å². The van der Waals surface area contributed by atoms with Gasteiger partial charge in [0.1, 0.15) is 0 Å². The second kappa shape index (κ2) is 7.83. The minimum absolute atomic E-state index is 0.0431. The van der Waals surface area contributed by atoms with E-state index in [0.29, 0.717) is 12.4 Å². The molecule has 0 spiro atoms. The lowest BCUT2D eigenvalue weighted by Gasteiger charge is -2.17. The molecule has 1 aliphatic rings. The highest BCUT2D eigenvalue weighted by molar-refractivity contribution is 6.00. The molecule has 2 aromatic carbocycles. The van der Waals surface area contributed by atoms with Gasteiger partial charge in [0.25, 0.3) is 0 Å². The van der Waals surface area contributed by atoms with Gasteiger partial charge in [0.05, 0.1) is 18.2 Å². The molecule has 1 atom stereocenters. The Hall–Kier alpha value is -3.55. The highest BCUT2D eigenvalue weighted by Crippen LogP contribution is 2.25. The van der Waals surface area contributed by atoms with E-state index in [2.05, 4.69) is 20.8 Å². The number of aryl methyl sites for hydroxylation is 2. The number of amides is 2. The summed E-state index contributed by atoms with van der Waals surface area (Å²) in [5, 5.41) is 14.6. The molecule has 1 saturated heterocycles. The number of benzene rings is 2. The number of anilines is 1. The van der Waals surface area contributed by atoms with E-state index in [4.69, 9.17) is 0 Å². The zero-order valence-corrected chi connectivity index (χ0v) is 16.4. The van der Waals surface area contributed by atoms with Crippen LogP contribution >= 0.6 is 0 Å². The Morgan fingerprint density at radius 3 is 2.31 bits per heavy atom. The second-order valence-corrected chi connectivity index (χ2v) is 7.30. The van der Waals surface area contributed by atoms with Crippen LogP contribution in [0.4, 0.5) is 5.69 Å². The van der Waals surface area contributed by atoms with Crippen molar-refractivity contribution in [2.75, 3.05) is 11.4 Å². The molecule has 1 N–H and O–H groups in total. The van der Waals surface area contributed by atoms with Crippen molar-refractivity contribution in [3.63, 3.8) is 0 Å². The van der Waals surface area contributed by atoms with Crippen LogP contribution in [-0.2, 0) is 16.1 Å². The van der Waals surface area contributed by atoms with E-state index in [1.165, 1.54) is 0 Å². The van der Waals surface area contributed by atoms with Gasteiger partial charge in [-0.15, -0.1) is 5.10 Å². The monoisotopic (exact) mass is 390 g/mol. The van der Waals surface area contributed by atoms with Gasteiger partial charge in [0.2, 0.25) is 11.8 Å². The summed E-state index contributed by atoms with van der Waals surface area (Å²) in [7, 11) is 0. The number of nitrogens with one attached hydrogen (secondary N) is 1. The molecule has 0 unspecified atom stereocenters. The Labute approximate surface area is 168 Å². The molecule has 0 saturated carbocycles. The Morgan fingerprint density at radius 2 is 1.66 bits per heavy atom. The van der Waals surface area contributed by atoms with Crippen LogP contribution in [0.3, 0.4) is 0 Å². The number of carbonyl (C=O) groups is 2. The fraction of sp³-hybridized carbons (Fsp3) is 0.286. The van der Waals surface area contributed by atoms with Gasteiger partial charge in [0, 0.05) is 18.7 Å². The molecule has 8 nitrogen and oxygen atoms in total. The predicted molar refractivity (Wildman–Crippen MR) is 107 cm³/mol. The third-order valence-electron chi connectivity index (χ3n) is 5.07.